The van der Waals surface area contributed by atoms with Crippen LogP contribution in [0.2, 0.25) is 0 Å². The zero-order valence-electron chi connectivity index (χ0n) is 14.3. The highest BCUT2D eigenvalue weighted by Crippen LogP contribution is 2.30. The number of aromatic nitrogens is 2. The number of aromatic amines is 1. The number of amides is 1. The molecule has 1 amide bonds. The van der Waals surface area contributed by atoms with Gasteiger partial charge in [-0.3, -0.25) is 10.0 Å². The zero-order chi connectivity index (χ0) is 17.6. The first-order chi connectivity index (χ1) is 12.1. The van der Waals surface area contributed by atoms with E-state index in [1.54, 1.807) is 11.6 Å². The summed E-state index contributed by atoms with van der Waals surface area (Å²) < 4.78 is 0. The van der Waals surface area contributed by atoms with E-state index < -0.39 is 5.91 Å². The van der Waals surface area contributed by atoms with E-state index in [0.717, 1.165) is 35.7 Å². The molecule has 1 aliphatic rings. The van der Waals surface area contributed by atoms with Crippen LogP contribution in [-0.2, 0) is 11.2 Å². The summed E-state index contributed by atoms with van der Waals surface area (Å²) in [5, 5.41) is 8.47. The van der Waals surface area contributed by atoms with Gasteiger partial charge in [-0.2, -0.15) is 0 Å². The van der Waals surface area contributed by atoms with E-state index in [1.807, 2.05) is 30.5 Å². The van der Waals surface area contributed by atoms with Gasteiger partial charge in [-0.15, -0.1) is 0 Å². The van der Waals surface area contributed by atoms with Crippen molar-refractivity contribution < 1.29 is 10.0 Å². The van der Waals surface area contributed by atoms with Gasteiger partial charge in [0.15, 0.2) is 0 Å². The van der Waals surface area contributed by atoms with Crippen LogP contribution in [0.1, 0.15) is 48.3 Å². The molecule has 130 valence electrons. The summed E-state index contributed by atoms with van der Waals surface area (Å²) in [6.07, 6.45) is 12.5. The number of hydroxylamine groups is 1. The fourth-order valence-corrected chi connectivity index (χ4v) is 3.12. The number of imidazole rings is 1. The molecule has 5 heteroatoms. The number of benzene rings is 1. The lowest BCUT2D eigenvalue weighted by Crippen LogP contribution is -2.14. The summed E-state index contributed by atoms with van der Waals surface area (Å²) in [6, 6.07) is 7.90. The minimum absolute atomic E-state index is 0.440. The van der Waals surface area contributed by atoms with Gasteiger partial charge in [0.25, 0.3) is 5.91 Å². The van der Waals surface area contributed by atoms with E-state index in [0.29, 0.717) is 5.92 Å². The van der Waals surface area contributed by atoms with Gasteiger partial charge in [-0.25, -0.2) is 10.5 Å². The molecule has 25 heavy (non-hydrogen) atoms. The van der Waals surface area contributed by atoms with E-state index in [1.165, 1.54) is 18.2 Å². The maximum atomic E-state index is 11.0. The second-order valence-electron chi connectivity index (χ2n) is 6.62. The Morgan fingerprint density at radius 2 is 2.20 bits per heavy atom. The molecular formula is C20H23N3O2. The molecule has 0 spiro atoms. The number of hydrogen-bond acceptors (Lipinski definition) is 3. The van der Waals surface area contributed by atoms with Crippen LogP contribution in [0, 0.1) is 5.92 Å². The maximum absolute atomic E-state index is 11.0. The minimum atomic E-state index is -0.543. The molecule has 2 unspecified atom stereocenters. The highest BCUT2D eigenvalue weighted by Gasteiger charge is 2.17. The molecule has 1 aromatic heterocycles. The standard InChI is InChI=1S/C20H23N3O2/c1-14-3-2-4-17(11-14)18-13-21-19(22-18)12-16-7-5-15(6-8-16)9-10-20(24)23-25/h2,4-10,13-14,17,25H,3,11-12H2,1H3,(H,21,22)(H,23,24)/b10-9+. The molecule has 1 heterocycles. The normalized spacial score (nSPS) is 20.1. The van der Waals surface area contributed by atoms with Crippen molar-refractivity contribution in [2.24, 2.45) is 5.92 Å². The number of H-pyrrole nitrogens is 1. The van der Waals surface area contributed by atoms with Crippen molar-refractivity contribution in [1.29, 1.82) is 0 Å². The molecule has 0 radical (unpaired) electrons. The Hall–Kier alpha value is -2.66. The van der Waals surface area contributed by atoms with Gasteiger partial charge in [0.05, 0.1) is 0 Å². The van der Waals surface area contributed by atoms with Crippen LogP contribution in [0.25, 0.3) is 6.08 Å². The lowest BCUT2D eigenvalue weighted by molar-refractivity contribution is -0.124. The Morgan fingerprint density at radius 3 is 2.92 bits per heavy atom. The SMILES string of the molecule is CC1CC=CC(c2cnc(Cc3ccc(/C=C/C(=O)NO)cc3)[nH]2)C1. The highest BCUT2D eigenvalue weighted by atomic mass is 16.5. The second-order valence-corrected chi connectivity index (χ2v) is 6.62. The van der Waals surface area contributed by atoms with E-state index in [4.69, 9.17) is 5.21 Å². The van der Waals surface area contributed by atoms with Gasteiger partial charge >= 0.3 is 0 Å². The Labute approximate surface area is 147 Å². The first-order valence-corrected chi connectivity index (χ1v) is 8.55. The summed E-state index contributed by atoms with van der Waals surface area (Å²) >= 11 is 0. The van der Waals surface area contributed by atoms with Crippen LogP contribution in [0.5, 0.6) is 0 Å². The smallest absolute Gasteiger partial charge is 0.267 e. The van der Waals surface area contributed by atoms with Crippen molar-refractivity contribution in [2.75, 3.05) is 0 Å². The average Bonchev–Trinajstić information content (AvgIpc) is 3.09. The third kappa shape index (κ3) is 4.67. The average molecular weight is 337 g/mol. The summed E-state index contributed by atoms with van der Waals surface area (Å²) in [6.45, 7) is 2.29. The largest absolute Gasteiger partial charge is 0.345 e. The van der Waals surface area contributed by atoms with Crippen molar-refractivity contribution in [2.45, 2.75) is 32.1 Å². The molecule has 0 aliphatic heterocycles. The molecule has 3 N–H and O–H groups in total. The Kier molecular flexibility index (Phi) is 5.46. The number of nitrogens with one attached hydrogen (secondary N) is 2. The van der Waals surface area contributed by atoms with Crippen molar-refractivity contribution in [1.82, 2.24) is 15.4 Å². The zero-order valence-corrected chi connectivity index (χ0v) is 14.3. The summed E-state index contributed by atoms with van der Waals surface area (Å²) in [5.41, 5.74) is 4.80. The van der Waals surface area contributed by atoms with Crippen LogP contribution in [0.15, 0.2) is 48.7 Å². The molecule has 1 aromatic carbocycles. The predicted molar refractivity (Wildman–Crippen MR) is 97.1 cm³/mol. The van der Waals surface area contributed by atoms with Gasteiger partial charge in [0.2, 0.25) is 0 Å². The van der Waals surface area contributed by atoms with Gasteiger partial charge in [0.1, 0.15) is 5.82 Å². The fraction of sp³-hybridized carbons (Fsp3) is 0.300. The number of allylic oxidation sites excluding steroid dienone is 2. The molecular weight excluding hydrogens is 314 g/mol. The molecule has 0 saturated carbocycles. The number of carbonyl (C=O) groups excluding carboxylic acids is 1. The molecule has 2 aromatic rings. The molecule has 3 rings (SSSR count). The number of nitrogens with zero attached hydrogens (tertiary/aromatic N) is 1. The predicted octanol–water partition coefficient (Wildman–Crippen LogP) is 3.59. The number of carbonyl (C=O) groups is 1. The van der Waals surface area contributed by atoms with Gasteiger partial charge < -0.3 is 4.98 Å². The fourth-order valence-electron chi connectivity index (χ4n) is 3.12. The van der Waals surface area contributed by atoms with Crippen molar-refractivity contribution in [3.05, 3.63) is 71.3 Å². The second kappa shape index (κ2) is 7.94. The lowest BCUT2D eigenvalue weighted by atomic mass is 9.86. The number of rotatable bonds is 5. The van der Waals surface area contributed by atoms with Crippen molar-refractivity contribution in [3.63, 3.8) is 0 Å². The van der Waals surface area contributed by atoms with Gasteiger partial charge in [0, 0.05) is 30.3 Å². The molecule has 2 atom stereocenters. The third-order valence-corrected chi connectivity index (χ3v) is 4.50. The summed E-state index contributed by atoms with van der Waals surface area (Å²) in [7, 11) is 0. The van der Waals surface area contributed by atoms with Crippen molar-refractivity contribution >= 4 is 12.0 Å². The van der Waals surface area contributed by atoms with Crippen LogP contribution in [0.3, 0.4) is 0 Å². The van der Waals surface area contributed by atoms with E-state index in [-0.39, 0.29) is 0 Å². The van der Waals surface area contributed by atoms with Gasteiger partial charge in [-0.05, 0) is 36.0 Å². The van der Waals surface area contributed by atoms with Gasteiger partial charge in [-0.1, -0.05) is 43.3 Å². The molecule has 0 fully saturated rings. The molecule has 0 saturated heterocycles. The molecule has 0 bridgehead atoms. The first kappa shape index (κ1) is 17.2. The first-order valence-electron chi connectivity index (χ1n) is 8.55. The summed E-state index contributed by atoms with van der Waals surface area (Å²) in [4.78, 5) is 19.0. The van der Waals surface area contributed by atoms with E-state index in [9.17, 15) is 4.79 Å². The lowest BCUT2D eigenvalue weighted by Gasteiger charge is -2.20. The van der Waals surface area contributed by atoms with Crippen molar-refractivity contribution in [3.8, 4) is 0 Å². The summed E-state index contributed by atoms with van der Waals surface area (Å²) in [5.74, 6) is 1.58. The van der Waals surface area contributed by atoms with E-state index in [2.05, 4.69) is 29.0 Å². The Balaban J connectivity index is 1.63. The van der Waals surface area contributed by atoms with Crippen LogP contribution in [0.4, 0.5) is 0 Å². The minimum Gasteiger partial charge on any atom is -0.345 e. The molecule has 5 nitrogen and oxygen atoms in total. The van der Waals surface area contributed by atoms with Crippen LogP contribution in [-0.4, -0.2) is 21.1 Å². The number of hydrogen-bond donors (Lipinski definition) is 3. The highest BCUT2D eigenvalue weighted by molar-refractivity contribution is 5.90. The van der Waals surface area contributed by atoms with Crippen LogP contribution < -0.4 is 5.48 Å². The Bertz CT molecular complexity index is 774. The Morgan fingerprint density at radius 1 is 1.40 bits per heavy atom. The topological polar surface area (TPSA) is 78.0 Å². The van der Waals surface area contributed by atoms with E-state index >= 15 is 0 Å². The quantitative estimate of drug-likeness (QED) is 0.338. The molecule has 1 aliphatic carbocycles. The van der Waals surface area contributed by atoms with Crippen LogP contribution >= 0.6 is 0 Å². The third-order valence-electron chi connectivity index (χ3n) is 4.50. The monoisotopic (exact) mass is 337 g/mol. The maximum Gasteiger partial charge on any atom is 0.267 e.